The summed E-state index contributed by atoms with van der Waals surface area (Å²) in [6.45, 7) is 0. The van der Waals surface area contributed by atoms with Crippen molar-refractivity contribution >= 4 is 23.2 Å². The highest BCUT2D eigenvalue weighted by Gasteiger charge is 2.48. The van der Waals surface area contributed by atoms with Gasteiger partial charge in [0, 0.05) is 17.8 Å². The number of hydrogen-bond acceptors (Lipinski definition) is 3. The zero-order chi connectivity index (χ0) is 18.9. The molecule has 0 unspecified atom stereocenters. The number of methoxy groups -OCH3 is 1. The van der Waals surface area contributed by atoms with Crippen LogP contribution in [-0.2, 0) is 21.4 Å². The van der Waals surface area contributed by atoms with Gasteiger partial charge in [-0.15, -0.1) is 0 Å². The average Bonchev–Trinajstić information content (AvgIpc) is 3.28. The van der Waals surface area contributed by atoms with Gasteiger partial charge in [-0.3, -0.25) is 9.59 Å². The summed E-state index contributed by atoms with van der Waals surface area (Å²) >= 11 is 0. The molecule has 1 spiro atoms. The van der Waals surface area contributed by atoms with Crippen LogP contribution in [0, 0.1) is 0 Å². The van der Waals surface area contributed by atoms with Gasteiger partial charge in [0.25, 0.3) is 0 Å². The molecule has 4 rings (SSSR count). The van der Waals surface area contributed by atoms with E-state index in [2.05, 4.69) is 10.6 Å². The molecular formula is C22H24N2O3. The van der Waals surface area contributed by atoms with Crippen molar-refractivity contribution in [3.05, 3.63) is 53.6 Å². The number of carbonyl (C=O) groups excluding carboxylic acids is 2. The summed E-state index contributed by atoms with van der Waals surface area (Å²) in [5.41, 5.74) is 3.29. The normalized spacial score (nSPS) is 16.9. The first-order chi connectivity index (χ1) is 13.1. The van der Waals surface area contributed by atoms with Crippen molar-refractivity contribution in [2.24, 2.45) is 0 Å². The van der Waals surface area contributed by atoms with E-state index in [0.717, 1.165) is 53.9 Å². The Kier molecular flexibility index (Phi) is 4.60. The fourth-order valence-corrected chi connectivity index (χ4v) is 4.35. The van der Waals surface area contributed by atoms with E-state index in [9.17, 15) is 9.59 Å². The molecule has 0 saturated heterocycles. The SMILES string of the molecule is COc1ccccc1CCC(=O)Nc1ccc2c(c1)C1(CCCC1)C(=O)N2. The van der Waals surface area contributed by atoms with Crippen molar-refractivity contribution in [2.45, 2.75) is 43.9 Å². The molecule has 2 aromatic carbocycles. The molecule has 2 aromatic rings. The summed E-state index contributed by atoms with van der Waals surface area (Å²) in [7, 11) is 1.64. The molecule has 5 heteroatoms. The Balaban J connectivity index is 1.45. The zero-order valence-electron chi connectivity index (χ0n) is 15.5. The third-order valence-electron chi connectivity index (χ3n) is 5.77. The molecule has 0 aromatic heterocycles. The van der Waals surface area contributed by atoms with Gasteiger partial charge >= 0.3 is 0 Å². The Hall–Kier alpha value is -2.82. The second-order valence-electron chi connectivity index (χ2n) is 7.36. The van der Waals surface area contributed by atoms with Gasteiger partial charge in [-0.05, 0) is 54.7 Å². The number of amides is 2. The van der Waals surface area contributed by atoms with Crippen molar-refractivity contribution in [1.82, 2.24) is 0 Å². The van der Waals surface area contributed by atoms with Gasteiger partial charge < -0.3 is 15.4 Å². The molecule has 5 nitrogen and oxygen atoms in total. The monoisotopic (exact) mass is 364 g/mol. The van der Waals surface area contributed by atoms with Crippen molar-refractivity contribution in [3.8, 4) is 5.75 Å². The van der Waals surface area contributed by atoms with Crippen molar-refractivity contribution in [3.63, 3.8) is 0 Å². The van der Waals surface area contributed by atoms with E-state index in [1.165, 1.54) is 0 Å². The largest absolute Gasteiger partial charge is 0.496 e. The number of para-hydroxylation sites is 1. The number of carbonyl (C=O) groups is 2. The quantitative estimate of drug-likeness (QED) is 0.842. The summed E-state index contributed by atoms with van der Waals surface area (Å²) in [4.78, 5) is 24.9. The molecule has 1 saturated carbocycles. The van der Waals surface area contributed by atoms with E-state index in [0.29, 0.717) is 12.8 Å². The lowest BCUT2D eigenvalue weighted by atomic mass is 9.80. The molecule has 2 amide bonds. The third kappa shape index (κ3) is 3.18. The number of hydrogen-bond donors (Lipinski definition) is 2. The first kappa shape index (κ1) is 17.6. The van der Waals surface area contributed by atoms with Gasteiger partial charge in [0.15, 0.2) is 0 Å². The van der Waals surface area contributed by atoms with Crippen LogP contribution in [0.4, 0.5) is 11.4 Å². The van der Waals surface area contributed by atoms with Crippen LogP contribution in [0.15, 0.2) is 42.5 Å². The highest BCUT2D eigenvalue weighted by atomic mass is 16.5. The minimum atomic E-state index is -0.395. The fraction of sp³-hybridized carbons (Fsp3) is 0.364. The van der Waals surface area contributed by atoms with Gasteiger partial charge in [-0.1, -0.05) is 31.0 Å². The van der Waals surface area contributed by atoms with Gasteiger partial charge in [0.1, 0.15) is 5.75 Å². The zero-order valence-corrected chi connectivity index (χ0v) is 15.5. The van der Waals surface area contributed by atoms with E-state index < -0.39 is 5.41 Å². The van der Waals surface area contributed by atoms with Crippen LogP contribution in [0.2, 0.25) is 0 Å². The molecule has 1 heterocycles. The summed E-state index contributed by atoms with van der Waals surface area (Å²) in [5, 5.41) is 5.99. The number of rotatable bonds is 5. The predicted molar refractivity (Wildman–Crippen MR) is 105 cm³/mol. The highest BCUT2D eigenvalue weighted by Crippen LogP contribution is 2.49. The number of benzene rings is 2. The Labute approximate surface area is 159 Å². The first-order valence-electron chi connectivity index (χ1n) is 9.50. The molecule has 1 fully saturated rings. The minimum Gasteiger partial charge on any atom is -0.496 e. The van der Waals surface area contributed by atoms with Crippen LogP contribution in [-0.4, -0.2) is 18.9 Å². The lowest BCUT2D eigenvalue weighted by Gasteiger charge is -2.21. The summed E-state index contributed by atoms with van der Waals surface area (Å²) < 4.78 is 5.34. The Bertz CT molecular complexity index is 885. The maximum absolute atomic E-state index is 12.5. The molecule has 140 valence electrons. The molecule has 2 aliphatic rings. The second-order valence-corrected chi connectivity index (χ2v) is 7.36. The molecule has 0 bridgehead atoms. The Morgan fingerprint density at radius 3 is 2.74 bits per heavy atom. The lowest BCUT2D eigenvalue weighted by molar-refractivity contribution is -0.120. The van der Waals surface area contributed by atoms with Crippen LogP contribution < -0.4 is 15.4 Å². The molecule has 27 heavy (non-hydrogen) atoms. The molecule has 0 radical (unpaired) electrons. The van der Waals surface area contributed by atoms with E-state index in [4.69, 9.17) is 4.74 Å². The average molecular weight is 364 g/mol. The molecule has 2 N–H and O–H groups in total. The second kappa shape index (κ2) is 7.06. The summed E-state index contributed by atoms with van der Waals surface area (Å²) in [6, 6.07) is 13.5. The van der Waals surface area contributed by atoms with Crippen molar-refractivity contribution < 1.29 is 14.3 Å². The number of nitrogens with one attached hydrogen (secondary N) is 2. The number of anilines is 2. The van der Waals surface area contributed by atoms with Gasteiger partial charge in [-0.2, -0.15) is 0 Å². The van der Waals surface area contributed by atoms with Crippen LogP contribution in [0.25, 0.3) is 0 Å². The van der Waals surface area contributed by atoms with Gasteiger partial charge in [0.05, 0.1) is 12.5 Å². The summed E-state index contributed by atoms with van der Waals surface area (Å²) in [5.74, 6) is 0.865. The number of aryl methyl sites for hydroxylation is 1. The minimum absolute atomic E-state index is 0.0430. The van der Waals surface area contributed by atoms with Crippen molar-refractivity contribution in [1.29, 1.82) is 0 Å². The highest BCUT2D eigenvalue weighted by molar-refractivity contribution is 6.07. The Morgan fingerprint density at radius 1 is 1.19 bits per heavy atom. The molecule has 1 aliphatic carbocycles. The third-order valence-corrected chi connectivity index (χ3v) is 5.77. The Morgan fingerprint density at radius 2 is 1.96 bits per heavy atom. The van der Waals surface area contributed by atoms with Gasteiger partial charge in [0.2, 0.25) is 11.8 Å². The fourth-order valence-electron chi connectivity index (χ4n) is 4.35. The smallest absolute Gasteiger partial charge is 0.235 e. The van der Waals surface area contributed by atoms with Gasteiger partial charge in [-0.25, -0.2) is 0 Å². The van der Waals surface area contributed by atoms with E-state index in [1.54, 1.807) is 7.11 Å². The van der Waals surface area contributed by atoms with Crippen LogP contribution in [0.3, 0.4) is 0 Å². The molecule has 1 aliphatic heterocycles. The number of fused-ring (bicyclic) bond motifs is 2. The molecule has 0 atom stereocenters. The topological polar surface area (TPSA) is 67.4 Å². The van der Waals surface area contributed by atoms with Crippen molar-refractivity contribution in [2.75, 3.05) is 17.7 Å². The van der Waals surface area contributed by atoms with E-state index in [-0.39, 0.29) is 11.8 Å². The van der Waals surface area contributed by atoms with E-state index in [1.807, 2.05) is 42.5 Å². The standard InChI is InChI=1S/C22H24N2O3/c1-27-19-7-3-2-6-15(19)8-11-20(25)23-16-9-10-18-17(14-16)22(21(26)24-18)12-4-5-13-22/h2-3,6-7,9-10,14H,4-5,8,11-13H2,1H3,(H,23,25)(H,24,26). The molecular weight excluding hydrogens is 340 g/mol. The summed E-state index contributed by atoms with van der Waals surface area (Å²) in [6.07, 6.45) is 4.91. The lowest BCUT2D eigenvalue weighted by Crippen LogP contribution is -2.31. The maximum Gasteiger partial charge on any atom is 0.235 e. The van der Waals surface area contributed by atoms with E-state index >= 15 is 0 Å². The maximum atomic E-state index is 12.5. The van der Waals surface area contributed by atoms with Crippen LogP contribution in [0.1, 0.15) is 43.2 Å². The first-order valence-corrected chi connectivity index (χ1v) is 9.50. The van der Waals surface area contributed by atoms with Crippen LogP contribution in [0.5, 0.6) is 5.75 Å². The number of ether oxygens (including phenoxy) is 1. The predicted octanol–water partition coefficient (Wildman–Crippen LogP) is 4.03. The van der Waals surface area contributed by atoms with Crippen LogP contribution >= 0.6 is 0 Å².